The van der Waals surface area contributed by atoms with E-state index in [-0.39, 0.29) is 0 Å². The number of hydrogen-bond acceptors (Lipinski definition) is 3. The van der Waals surface area contributed by atoms with E-state index < -0.39 is 0 Å². The maximum atomic E-state index is 2.57. The highest BCUT2D eigenvalue weighted by molar-refractivity contribution is 4.64. The Bertz CT molecular complexity index is 182. The van der Waals surface area contributed by atoms with Crippen LogP contribution in [0.4, 0.5) is 0 Å². The molecule has 0 bridgehead atoms. The molecule has 0 aromatic heterocycles. The van der Waals surface area contributed by atoms with Gasteiger partial charge in [-0.1, -0.05) is 12.8 Å². The van der Waals surface area contributed by atoms with Gasteiger partial charge in [0.05, 0.1) is 0 Å². The summed E-state index contributed by atoms with van der Waals surface area (Å²) < 4.78 is 0. The van der Waals surface area contributed by atoms with E-state index in [9.17, 15) is 0 Å². The van der Waals surface area contributed by atoms with Gasteiger partial charge < -0.3 is 14.7 Å². The van der Waals surface area contributed by atoms with Crippen molar-refractivity contribution >= 4 is 0 Å². The predicted octanol–water partition coefficient (Wildman–Crippen LogP) is 2.14. The fourth-order valence-electron chi connectivity index (χ4n) is 2.58. The third-order valence-electron chi connectivity index (χ3n) is 3.89. The first-order chi connectivity index (χ1) is 8.68. The van der Waals surface area contributed by atoms with E-state index >= 15 is 0 Å². The minimum Gasteiger partial charge on any atom is -0.308 e. The molecule has 18 heavy (non-hydrogen) atoms. The lowest BCUT2D eigenvalue weighted by Gasteiger charge is -2.27. The van der Waals surface area contributed by atoms with Crippen LogP contribution >= 0.6 is 0 Å². The van der Waals surface area contributed by atoms with Crippen LogP contribution < -0.4 is 0 Å². The van der Waals surface area contributed by atoms with Crippen molar-refractivity contribution in [2.24, 2.45) is 0 Å². The predicted molar refractivity (Wildman–Crippen MR) is 80.2 cm³/mol. The molecule has 0 N–H and O–H groups in total. The quantitative estimate of drug-likeness (QED) is 0.765. The molecule has 2 saturated heterocycles. The molecule has 2 aliphatic rings. The second-order valence-corrected chi connectivity index (χ2v) is 6.07. The molecule has 0 radical (unpaired) electrons. The van der Waals surface area contributed by atoms with Crippen LogP contribution in [0, 0.1) is 0 Å². The molecule has 0 aromatic carbocycles. The monoisotopic (exact) mass is 255 g/mol. The third kappa shape index (κ3) is 8.06. The van der Waals surface area contributed by atoms with E-state index in [4.69, 9.17) is 0 Å². The smallest absolute Gasteiger partial charge is 0.0109 e. The Hall–Kier alpha value is -0.120. The average molecular weight is 255 g/mol. The molecule has 0 aliphatic carbocycles. The lowest BCUT2D eigenvalue weighted by molar-refractivity contribution is 0.207. The minimum absolute atomic E-state index is 1.21. The largest absolute Gasteiger partial charge is 0.308 e. The molecule has 0 amide bonds. The molecule has 3 nitrogen and oxygen atoms in total. The van der Waals surface area contributed by atoms with Crippen molar-refractivity contribution in [2.75, 3.05) is 60.4 Å². The van der Waals surface area contributed by atoms with Crippen molar-refractivity contribution in [2.45, 2.75) is 38.5 Å². The van der Waals surface area contributed by atoms with E-state index in [1.807, 2.05) is 0 Å². The van der Waals surface area contributed by atoms with Crippen molar-refractivity contribution in [1.82, 2.24) is 14.7 Å². The molecule has 0 saturated carbocycles. The van der Waals surface area contributed by atoms with Crippen molar-refractivity contribution in [3.63, 3.8) is 0 Å². The van der Waals surface area contributed by atoms with E-state index in [0.717, 1.165) is 0 Å². The number of hydrogen-bond donors (Lipinski definition) is 0. The SMILES string of the molecule is CN(C)CCN1CCCCC1.CN1CCCCC1. The number of piperidine rings is 2. The zero-order chi connectivity index (χ0) is 13.2. The number of nitrogens with zero attached hydrogens (tertiary/aromatic N) is 3. The van der Waals surface area contributed by atoms with Crippen molar-refractivity contribution in [1.29, 1.82) is 0 Å². The molecule has 2 aliphatic heterocycles. The van der Waals surface area contributed by atoms with Gasteiger partial charge in [0.1, 0.15) is 0 Å². The number of likely N-dealkylation sites (N-methyl/N-ethyl adjacent to an activating group) is 1. The van der Waals surface area contributed by atoms with Gasteiger partial charge in [-0.05, 0) is 73.0 Å². The Kier molecular flexibility index (Phi) is 8.64. The summed E-state index contributed by atoms with van der Waals surface area (Å²) in [5, 5.41) is 0. The van der Waals surface area contributed by atoms with Gasteiger partial charge in [0.15, 0.2) is 0 Å². The molecule has 0 aromatic rings. The second kappa shape index (κ2) is 9.76. The first-order valence-corrected chi connectivity index (χ1v) is 7.74. The van der Waals surface area contributed by atoms with Gasteiger partial charge >= 0.3 is 0 Å². The molecular weight excluding hydrogens is 222 g/mol. The molecule has 2 heterocycles. The van der Waals surface area contributed by atoms with Crippen molar-refractivity contribution in [3.05, 3.63) is 0 Å². The van der Waals surface area contributed by atoms with Gasteiger partial charge in [-0.3, -0.25) is 0 Å². The van der Waals surface area contributed by atoms with E-state index in [1.165, 1.54) is 77.8 Å². The Labute approximate surface area is 114 Å². The Morgan fingerprint density at radius 2 is 1.28 bits per heavy atom. The van der Waals surface area contributed by atoms with Crippen LogP contribution in [0.2, 0.25) is 0 Å². The maximum Gasteiger partial charge on any atom is 0.0109 e. The summed E-state index contributed by atoms with van der Waals surface area (Å²) in [6.07, 6.45) is 8.54. The molecule has 108 valence electrons. The zero-order valence-corrected chi connectivity index (χ0v) is 12.8. The van der Waals surface area contributed by atoms with Gasteiger partial charge in [-0.2, -0.15) is 0 Å². The highest BCUT2D eigenvalue weighted by atomic mass is 15.2. The van der Waals surface area contributed by atoms with Gasteiger partial charge in [0, 0.05) is 13.1 Å². The van der Waals surface area contributed by atoms with E-state index in [1.54, 1.807) is 0 Å². The lowest BCUT2D eigenvalue weighted by atomic mass is 10.1. The Balaban J connectivity index is 0.000000199. The molecular formula is C15H33N3. The minimum atomic E-state index is 1.21. The molecule has 2 fully saturated rings. The molecule has 0 atom stereocenters. The molecule has 0 unspecified atom stereocenters. The summed E-state index contributed by atoms with van der Waals surface area (Å²) in [6.45, 7) is 7.76. The van der Waals surface area contributed by atoms with Crippen molar-refractivity contribution in [3.8, 4) is 0 Å². The highest BCUT2D eigenvalue weighted by Gasteiger charge is 2.08. The van der Waals surface area contributed by atoms with Crippen LogP contribution in [0.1, 0.15) is 38.5 Å². The standard InChI is InChI=1S/C9H20N2.C6H13N/c1-10(2)8-9-11-6-4-3-5-7-11;1-7-5-3-2-4-6-7/h3-9H2,1-2H3;2-6H2,1H3. The highest BCUT2D eigenvalue weighted by Crippen LogP contribution is 2.07. The van der Waals surface area contributed by atoms with Crippen LogP contribution in [-0.2, 0) is 0 Å². The van der Waals surface area contributed by atoms with Crippen molar-refractivity contribution < 1.29 is 0 Å². The molecule has 0 spiro atoms. The van der Waals surface area contributed by atoms with Crippen LogP contribution in [0.3, 0.4) is 0 Å². The maximum absolute atomic E-state index is 2.57. The van der Waals surface area contributed by atoms with Crippen LogP contribution in [0.5, 0.6) is 0 Å². The summed E-state index contributed by atoms with van der Waals surface area (Å²) in [5.41, 5.74) is 0. The third-order valence-corrected chi connectivity index (χ3v) is 3.89. The Morgan fingerprint density at radius 1 is 0.778 bits per heavy atom. The van der Waals surface area contributed by atoms with E-state index in [0.29, 0.717) is 0 Å². The van der Waals surface area contributed by atoms with Crippen LogP contribution in [0.15, 0.2) is 0 Å². The summed E-state index contributed by atoms with van der Waals surface area (Å²) in [6, 6.07) is 0. The summed E-state index contributed by atoms with van der Waals surface area (Å²) in [4.78, 5) is 7.22. The summed E-state index contributed by atoms with van der Waals surface area (Å²) in [7, 11) is 6.48. The summed E-state index contributed by atoms with van der Waals surface area (Å²) >= 11 is 0. The molecule has 3 heteroatoms. The van der Waals surface area contributed by atoms with Crippen LogP contribution in [0.25, 0.3) is 0 Å². The van der Waals surface area contributed by atoms with Crippen LogP contribution in [-0.4, -0.2) is 75.1 Å². The second-order valence-electron chi connectivity index (χ2n) is 6.07. The molecule has 2 rings (SSSR count). The first-order valence-electron chi connectivity index (χ1n) is 7.74. The normalized spacial score (nSPS) is 22.7. The zero-order valence-electron chi connectivity index (χ0n) is 12.8. The lowest BCUT2D eigenvalue weighted by Crippen LogP contribution is -2.35. The fourth-order valence-corrected chi connectivity index (χ4v) is 2.58. The van der Waals surface area contributed by atoms with Gasteiger partial charge in [0.25, 0.3) is 0 Å². The van der Waals surface area contributed by atoms with Gasteiger partial charge in [-0.15, -0.1) is 0 Å². The summed E-state index contributed by atoms with van der Waals surface area (Å²) in [5.74, 6) is 0. The number of rotatable bonds is 3. The van der Waals surface area contributed by atoms with Gasteiger partial charge in [0.2, 0.25) is 0 Å². The number of likely N-dealkylation sites (tertiary alicyclic amines) is 2. The fraction of sp³-hybridized carbons (Fsp3) is 1.00. The Morgan fingerprint density at radius 3 is 1.67 bits per heavy atom. The van der Waals surface area contributed by atoms with Gasteiger partial charge in [-0.25, -0.2) is 0 Å². The average Bonchev–Trinajstić information content (AvgIpc) is 2.39. The first kappa shape index (κ1) is 15.9. The topological polar surface area (TPSA) is 9.72 Å². The van der Waals surface area contributed by atoms with E-state index in [2.05, 4.69) is 35.8 Å².